The van der Waals surface area contributed by atoms with Gasteiger partial charge >= 0.3 is 0 Å². The number of piperazine rings is 1. The Morgan fingerprint density at radius 2 is 1.44 bits per heavy atom. The van der Waals surface area contributed by atoms with E-state index in [9.17, 15) is 19.5 Å². The van der Waals surface area contributed by atoms with Crippen molar-refractivity contribution >= 4 is 29.1 Å². The highest BCUT2D eigenvalue weighted by atomic mass is 16.3. The average Bonchev–Trinajstić information content (AvgIpc) is 3.53. The summed E-state index contributed by atoms with van der Waals surface area (Å²) >= 11 is 0. The zero-order valence-electron chi connectivity index (χ0n) is 32.3. The van der Waals surface area contributed by atoms with Gasteiger partial charge in [-0.15, -0.1) is 0 Å². The number of imide groups is 1. The van der Waals surface area contributed by atoms with Crippen LogP contribution in [0.2, 0.25) is 0 Å². The minimum atomic E-state index is -0.582. The van der Waals surface area contributed by atoms with E-state index in [1.165, 1.54) is 67.6 Å². The Kier molecular flexibility index (Phi) is 10.1. The fourth-order valence-corrected chi connectivity index (χ4v) is 10.8. The first kappa shape index (κ1) is 36.2. The molecular weight excluding hydrogens is 689 g/mol. The smallest absolute Gasteiger partial charge is 0.255 e. The summed E-state index contributed by atoms with van der Waals surface area (Å²) in [6.07, 6.45) is 7.89. The lowest BCUT2D eigenvalue weighted by Gasteiger charge is -2.42. The molecule has 0 aromatic heterocycles. The van der Waals surface area contributed by atoms with Crippen LogP contribution >= 0.6 is 0 Å². The number of carbonyl (C=O) groups is 3. The van der Waals surface area contributed by atoms with Crippen LogP contribution in [-0.4, -0.2) is 110 Å². The van der Waals surface area contributed by atoms with Crippen LogP contribution in [0.3, 0.4) is 0 Å². The van der Waals surface area contributed by atoms with Gasteiger partial charge in [0.05, 0.1) is 0 Å². The van der Waals surface area contributed by atoms with Crippen LogP contribution in [0, 0.1) is 17.8 Å². The maximum atomic E-state index is 13.2. The summed E-state index contributed by atoms with van der Waals surface area (Å²) in [5, 5.41) is 12.7. The average molecular weight is 745 g/mol. The standard InChI is InChI=1S/C45H56N6O4/c1-47-18-16-31(17-19-47)38-9-4-33-27-37(52)8-11-39(33)43(38)32-2-5-35(6-3-32)49-20-14-30(15-21-49)28-48-22-24-50(25-23-48)36-7-10-40-34(26-36)29-51(45(40)55)41-12-13-42(53)46-44(41)54/h2-3,5-8,10-11,26-27,30-31,38,41,43,52H,4,9,12-25,28-29H2,1H3,(H,46,53,54). The number of likely N-dealkylation sites (tertiary alicyclic amines) is 1. The number of anilines is 2. The van der Waals surface area contributed by atoms with Crippen molar-refractivity contribution < 1.29 is 19.5 Å². The monoisotopic (exact) mass is 744 g/mol. The molecule has 3 atom stereocenters. The van der Waals surface area contributed by atoms with E-state index in [2.05, 4.69) is 74.4 Å². The van der Waals surface area contributed by atoms with Gasteiger partial charge in [-0.3, -0.25) is 24.6 Å². The van der Waals surface area contributed by atoms with E-state index in [0.29, 0.717) is 42.0 Å². The minimum Gasteiger partial charge on any atom is -0.508 e. The number of fused-ring (bicyclic) bond motifs is 2. The second-order valence-corrected chi connectivity index (χ2v) is 17.3. The van der Waals surface area contributed by atoms with Crippen molar-refractivity contribution in [2.45, 2.75) is 69.9 Å². The summed E-state index contributed by atoms with van der Waals surface area (Å²) < 4.78 is 0. The first-order valence-corrected chi connectivity index (χ1v) is 20.9. The number of aromatic hydroxyl groups is 1. The van der Waals surface area contributed by atoms with Crippen LogP contribution in [0.15, 0.2) is 60.7 Å². The zero-order valence-corrected chi connectivity index (χ0v) is 32.3. The van der Waals surface area contributed by atoms with E-state index < -0.39 is 6.04 Å². The zero-order chi connectivity index (χ0) is 37.6. The SMILES string of the molecule is CN1CCC(C2CCc3cc(O)ccc3C2c2ccc(N3CCC(CN4CCN(c5ccc6c(c5)CN(C5CCC(=O)NC5=O)C6=O)CC4)CC3)cc2)CC1. The summed E-state index contributed by atoms with van der Waals surface area (Å²) in [7, 11) is 2.25. The molecule has 3 unspecified atom stereocenters. The molecule has 290 valence electrons. The molecule has 3 aromatic rings. The molecule has 0 spiro atoms. The number of aryl methyl sites for hydroxylation is 1. The number of nitrogens with one attached hydrogen (secondary N) is 1. The minimum absolute atomic E-state index is 0.117. The van der Waals surface area contributed by atoms with E-state index in [1.807, 2.05) is 18.2 Å². The second kappa shape index (κ2) is 15.3. The number of rotatable bonds is 7. The van der Waals surface area contributed by atoms with Gasteiger partial charge in [-0.1, -0.05) is 18.2 Å². The van der Waals surface area contributed by atoms with Gasteiger partial charge in [0, 0.05) is 81.6 Å². The Labute approximate surface area is 325 Å². The topological polar surface area (TPSA) is 99.7 Å². The van der Waals surface area contributed by atoms with Gasteiger partial charge in [-0.2, -0.15) is 0 Å². The Balaban J connectivity index is 0.774. The number of benzene rings is 3. The molecule has 0 saturated carbocycles. The summed E-state index contributed by atoms with van der Waals surface area (Å²) in [6.45, 7) is 10.1. The Hall–Kier alpha value is -4.41. The van der Waals surface area contributed by atoms with Gasteiger partial charge in [-0.05, 0) is 148 Å². The molecule has 6 aliphatic rings. The molecule has 4 fully saturated rings. The van der Waals surface area contributed by atoms with Crippen LogP contribution in [0.1, 0.15) is 83.5 Å². The van der Waals surface area contributed by atoms with E-state index in [4.69, 9.17) is 0 Å². The predicted octanol–water partition coefficient (Wildman–Crippen LogP) is 5.23. The number of carbonyl (C=O) groups excluding carboxylic acids is 3. The highest BCUT2D eigenvalue weighted by Crippen LogP contribution is 2.47. The van der Waals surface area contributed by atoms with Gasteiger partial charge in [0.25, 0.3) is 5.91 Å². The number of nitrogens with zero attached hydrogens (tertiary/aromatic N) is 5. The van der Waals surface area contributed by atoms with Crippen molar-refractivity contribution in [3.05, 3.63) is 88.5 Å². The molecule has 0 bridgehead atoms. The molecule has 5 aliphatic heterocycles. The highest BCUT2D eigenvalue weighted by Gasteiger charge is 2.40. The number of hydrogen-bond acceptors (Lipinski definition) is 8. The van der Waals surface area contributed by atoms with Crippen LogP contribution < -0.4 is 15.1 Å². The molecule has 4 saturated heterocycles. The van der Waals surface area contributed by atoms with Crippen molar-refractivity contribution in [3.63, 3.8) is 0 Å². The lowest BCUT2D eigenvalue weighted by atomic mass is 9.65. The normalized spacial score (nSPS) is 25.9. The molecule has 0 radical (unpaired) electrons. The van der Waals surface area contributed by atoms with E-state index in [-0.39, 0.29) is 24.1 Å². The summed E-state index contributed by atoms with van der Waals surface area (Å²) in [5.41, 5.74) is 8.28. The molecular formula is C45H56N6O4. The lowest BCUT2D eigenvalue weighted by molar-refractivity contribution is -0.136. The summed E-state index contributed by atoms with van der Waals surface area (Å²) in [4.78, 5) is 49.0. The molecule has 10 heteroatoms. The van der Waals surface area contributed by atoms with Crippen molar-refractivity contribution in [2.24, 2.45) is 17.8 Å². The van der Waals surface area contributed by atoms with Crippen molar-refractivity contribution in [1.82, 2.24) is 20.0 Å². The number of piperidine rings is 3. The van der Waals surface area contributed by atoms with Crippen molar-refractivity contribution in [2.75, 3.05) is 75.8 Å². The van der Waals surface area contributed by atoms with Crippen LogP contribution in [0.5, 0.6) is 5.75 Å². The first-order valence-electron chi connectivity index (χ1n) is 20.9. The molecule has 55 heavy (non-hydrogen) atoms. The summed E-state index contributed by atoms with van der Waals surface area (Å²) in [6, 6.07) is 21.2. The predicted molar refractivity (Wildman–Crippen MR) is 215 cm³/mol. The molecule has 1 aliphatic carbocycles. The lowest BCUT2D eigenvalue weighted by Crippen LogP contribution is -2.52. The van der Waals surface area contributed by atoms with E-state index in [1.54, 1.807) is 4.90 Å². The Morgan fingerprint density at radius 3 is 2.18 bits per heavy atom. The van der Waals surface area contributed by atoms with Crippen molar-refractivity contribution in [3.8, 4) is 5.75 Å². The third-order valence-electron chi connectivity index (χ3n) is 14.0. The molecule has 3 aromatic carbocycles. The quantitative estimate of drug-likeness (QED) is 0.318. The Morgan fingerprint density at radius 1 is 0.709 bits per heavy atom. The second-order valence-electron chi connectivity index (χ2n) is 17.3. The number of amides is 3. The van der Waals surface area contributed by atoms with Gasteiger partial charge in [0.15, 0.2) is 0 Å². The largest absolute Gasteiger partial charge is 0.508 e. The van der Waals surface area contributed by atoms with Crippen LogP contribution in [0.25, 0.3) is 0 Å². The highest BCUT2D eigenvalue weighted by molar-refractivity contribution is 6.05. The summed E-state index contributed by atoms with van der Waals surface area (Å²) in [5.74, 6) is 2.12. The molecule has 3 amide bonds. The number of phenols is 1. The van der Waals surface area contributed by atoms with Gasteiger partial charge in [0.1, 0.15) is 11.8 Å². The van der Waals surface area contributed by atoms with Gasteiger partial charge < -0.3 is 24.7 Å². The maximum Gasteiger partial charge on any atom is 0.255 e. The Bertz CT molecular complexity index is 1910. The third kappa shape index (κ3) is 7.35. The van der Waals surface area contributed by atoms with Crippen LogP contribution in [0.4, 0.5) is 11.4 Å². The number of hydrogen-bond donors (Lipinski definition) is 2. The van der Waals surface area contributed by atoms with E-state index in [0.717, 1.165) is 69.4 Å². The molecule has 5 heterocycles. The van der Waals surface area contributed by atoms with Crippen LogP contribution in [-0.2, 0) is 22.6 Å². The molecule has 2 N–H and O–H groups in total. The van der Waals surface area contributed by atoms with Gasteiger partial charge in [-0.25, -0.2) is 0 Å². The number of phenolic OH excluding ortho intramolecular Hbond substituents is 1. The third-order valence-corrected chi connectivity index (χ3v) is 14.0. The molecule has 10 nitrogen and oxygen atoms in total. The van der Waals surface area contributed by atoms with E-state index >= 15 is 0 Å². The first-order chi connectivity index (χ1) is 26.8. The maximum absolute atomic E-state index is 13.2. The van der Waals surface area contributed by atoms with Gasteiger partial charge in [0.2, 0.25) is 11.8 Å². The fourth-order valence-electron chi connectivity index (χ4n) is 10.8. The molecule has 9 rings (SSSR count). The van der Waals surface area contributed by atoms with Crippen molar-refractivity contribution in [1.29, 1.82) is 0 Å². The fraction of sp³-hybridized carbons (Fsp3) is 0.533.